The number of rotatable bonds is 5. The van der Waals surface area contributed by atoms with Crippen LogP contribution in [0.1, 0.15) is 29.5 Å². The van der Waals surface area contributed by atoms with Crippen molar-refractivity contribution in [1.82, 2.24) is 4.90 Å². The Kier molecular flexibility index (Phi) is 5.28. The maximum absolute atomic E-state index is 12.7. The molecule has 1 aliphatic heterocycles. The van der Waals surface area contributed by atoms with Gasteiger partial charge in [-0.2, -0.15) is 0 Å². The van der Waals surface area contributed by atoms with Crippen molar-refractivity contribution in [1.29, 1.82) is 0 Å². The zero-order chi connectivity index (χ0) is 16.9. The molecule has 4 heteroatoms. The van der Waals surface area contributed by atoms with Crippen LogP contribution in [-0.2, 0) is 4.79 Å². The molecule has 0 spiro atoms. The molecule has 2 aromatic rings. The fraction of sp³-hybridized carbons (Fsp3) is 0.350. The van der Waals surface area contributed by atoms with Gasteiger partial charge in [-0.15, -0.1) is 0 Å². The fourth-order valence-electron chi connectivity index (χ4n) is 3.53. The zero-order valence-electron chi connectivity index (χ0n) is 13.8. The van der Waals surface area contributed by atoms with E-state index in [0.29, 0.717) is 24.8 Å². The normalized spacial score (nSPS) is 21.7. The standard InChI is InChI=1S/C20H25N3O/c21-12-17-13-23(14-18(17)15-7-3-1-4-8-15)20(24)11-19(22)16-9-5-2-6-10-16/h1-10,17-19H,11-14,21-22H2/t17-,18+,19?/m1/s1. The Labute approximate surface area is 143 Å². The molecular formula is C20H25N3O. The van der Waals surface area contributed by atoms with Crippen molar-refractivity contribution in [2.45, 2.75) is 18.4 Å². The second kappa shape index (κ2) is 7.60. The maximum Gasteiger partial charge on any atom is 0.224 e. The van der Waals surface area contributed by atoms with Crippen molar-refractivity contribution in [2.24, 2.45) is 17.4 Å². The van der Waals surface area contributed by atoms with Crippen LogP contribution in [0, 0.1) is 5.92 Å². The summed E-state index contributed by atoms with van der Waals surface area (Å²) in [6.45, 7) is 2.04. The molecular weight excluding hydrogens is 298 g/mol. The molecule has 2 aromatic carbocycles. The first-order valence-corrected chi connectivity index (χ1v) is 8.52. The lowest BCUT2D eigenvalue weighted by Crippen LogP contribution is -2.32. The summed E-state index contributed by atoms with van der Waals surface area (Å²) in [5, 5.41) is 0. The van der Waals surface area contributed by atoms with Crippen LogP contribution in [0.15, 0.2) is 60.7 Å². The molecule has 1 aliphatic rings. The highest BCUT2D eigenvalue weighted by Crippen LogP contribution is 2.32. The van der Waals surface area contributed by atoms with Gasteiger partial charge in [-0.05, 0) is 23.6 Å². The van der Waals surface area contributed by atoms with Crippen molar-refractivity contribution < 1.29 is 4.79 Å². The van der Waals surface area contributed by atoms with Crippen LogP contribution in [0.5, 0.6) is 0 Å². The topological polar surface area (TPSA) is 72.3 Å². The Bertz CT molecular complexity index is 659. The smallest absolute Gasteiger partial charge is 0.224 e. The van der Waals surface area contributed by atoms with Gasteiger partial charge in [0.15, 0.2) is 0 Å². The molecule has 0 bridgehead atoms. The first-order chi connectivity index (χ1) is 11.7. The van der Waals surface area contributed by atoms with E-state index in [0.717, 1.165) is 18.7 Å². The molecule has 0 aliphatic carbocycles. The monoisotopic (exact) mass is 323 g/mol. The molecule has 3 rings (SSSR count). The first kappa shape index (κ1) is 16.7. The molecule has 0 radical (unpaired) electrons. The second-order valence-corrected chi connectivity index (χ2v) is 6.53. The van der Waals surface area contributed by atoms with Gasteiger partial charge in [0.25, 0.3) is 0 Å². The second-order valence-electron chi connectivity index (χ2n) is 6.53. The number of nitrogens with two attached hydrogens (primary N) is 2. The lowest BCUT2D eigenvalue weighted by molar-refractivity contribution is -0.130. The molecule has 1 amide bonds. The van der Waals surface area contributed by atoms with E-state index in [1.807, 2.05) is 53.4 Å². The molecule has 1 fully saturated rings. The summed E-state index contributed by atoms with van der Waals surface area (Å²) < 4.78 is 0. The molecule has 1 saturated heterocycles. The summed E-state index contributed by atoms with van der Waals surface area (Å²) in [6, 6.07) is 19.9. The third kappa shape index (κ3) is 3.66. The van der Waals surface area contributed by atoms with Crippen LogP contribution in [-0.4, -0.2) is 30.4 Å². The third-order valence-electron chi connectivity index (χ3n) is 4.95. The highest BCUT2D eigenvalue weighted by molar-refractivity contribution is 5.77. The van der Waals surface area contributed by atoms with Crippen LogP contribution in [0.2, 0.25) is 0 Å². The van der Waals surface area contributed by atoms with Gasteiger partial charge in [-0.3, -0.25) is 4.79 Å². The van der Waals surface area contributed by atoms with Crippen molar-refractivity contribution in [3.05, 3.63) is 71.8 Å². The van der Waals surface area contributed by atoms with Gasteiger partial charge in [0, 0.05) is 31.5 Å². The van der Waals surface area contributed by atoms with Gasteiger partial charge in [0.2, 0.25) is 5.91 Å². The minimum Gasteiger partial charge on any atom is -0.342 e. The first-order valence-electron chi connectivity index (χ1n) is 8.52. The lowest BCUT2D eigenvalue weighted by atomic mass is 9.89. The van der Waals surface area contributed by atoms with Gasteiger partial charge < -0.3 is 16.4 Å². The SMILES string of the molecule is NC[C@@H]1CN(C(=O)CC(N)c2ccccc2)C[C@H]1c1ccccc1. The predicted octanol–water partition coefficient (Wildman–Crippen LogP) is 2.28. The highest BCUT2D eigenvalue weighted by atomic mass is 16.2. The number of amides is 1. The molecule has 3 atom stereocenters. The summed E-state index contributed by atoms with van der Waals surface area (Å²) in [7, 11) is 0. The average Bonchev–Trinajstić information content (AvgIpc) is 3.08. The molecule has 0 aromatic heterocycles. The Morgan fingerprint density at radius 1 is 1.04 bits per heavy atom. The molecule has 0 saturated carbocycles. The molecule has 24 heavy (non-hydrogen) atoms. The minimum atomic E-state index is -0.259. The Morgan fingerprint density at radius 2 is 1.67 bits per heavy atom. The third-order valence-corrected chi connectivity index (χ3v) is 4.95. The van der Waals surface area contributed by atoms with Crippen molar-refractivity contribution in [3.8, 4) is 0 Å². The van der Waals surface area contributed by atoms with E-state index in [9.17, 15) is 4.79 Å². The summed E-state index contributed by atoms with van der Waals surface area (Å²) in [4.78, 5) is 14.6. The lowest BCUT2D eigenvalue weighted by Gasteiger charge is -2.19. The van der Waals surface area contributed by atoms with Crippen molar-refractivity contribution in [2.75, 3.05) is 19.6 Å². The van der Waals surface area contributed by atoms with Gasteiger partial charge in [-0.25, -0.2) is 0 Å². The van der Waals surface area contributed by atoms with Crippen LogP contribution in [0.4, 0.5) is 0 Å². The number of carbonyl (C=O) groups excluding carboxylic acids is 1. The van der Waals surface area contributed by atoms with Gasteiger partial charge in [-0.1, -0.05) is 60.7 Å². The minimum absolute atomic E-state index is 0.114. The predicted molar refractivity (Wildman–Crippen MR) is 96.3 cm³/mol. The van der Waals surface area contributed by atoms with E-state index in [1.165, 1.54) is 5.56 Å². The maximum atomic E-state index is 12.7. The number of hydrogen-bond donors (Lipinski definition) is 2. The van der Waals surface area contributed by atoms with Gasteiger partial charge in [0.05, 0.1) is 0 Å². The fourth-order valence-corrected chi connectivity index (χ4v) is 3.53. The van der Waals surface area contributed by atoms with Crippen LogP contribution >= 0.6 is 0 Å². The molecule has 4 N–H and O–H groups in total. The number of benzene rings is 2. The molecule has 126 valence electrons. The van der Waals surface area contributed by atoms with Crippen LogP contribution in [0.3, 0.4) is 0 Å². The summed E-state index contributed by atoms with van der Waals surface area (Å²) in [5.74, 6) is 0.737. The van der Waals surface area contributed by atoms with Crippen molar-refractivity contribution in [3.63, 3.8) is 0 Å². The average molecular weight is 323 g/mol. The largest absolute Gasteiger partial charge is 0.342 e. The summed E-state index contributed by atoms with van der Waals surface area (Å²) >= 11 is 0. The summed E-state index contributed by atoms with van der Waals surface area (Å²) in [5.41, 5.74) is 14.4. The summed E-state index contributed by atoms with van der Waals surface area (Å²) in [6.07, 6.45) is 0.336. The number of likely N-dealkylation sites (tertiary alicyclic amines) is 1. The van der Waals surface area contributed by atoms with E-state index in [4.69, 9.17) is 11.5 Å². The number of hydrogen-bond acceptors (Lipinski definition) is 3. The van der Waals surface area contributed by atoms with E-state index in [-0.39, 0.29) is 11.9 Å². The van der Waals surface area contributed by atoms with Crippen molar-refractivity contribution >= 4 is 5.91 Å². The molecule has 1 heterocycles. The quantitative estimate of drug-likeness (QED) is 0.886. The van der Waals surface area contributed by atoms with Crippen LogP contribution < -0.4 is 11.5 Å². The number of carbonyl (C=O) groups is 1. The zero-order valence-corrected chi connectivity index (χ0v) is 13.8. The van der Waals surface area contributed by atoms with E-state index < -0.39 is 0 Å². The molecule has 4 nitrogen and oxygen atoms in total. The Morgan fingerprint density at radius 3 is 2.29 bits per heavy atom. The Balaban J connectivity index is 1.66. The van der Waals surface area contributed by atoms with E-state index >= 15 is 0 Å². The highest BCUT2D eigenvalue weighted by Gasteiger charge is 2.35. The van der Waals surface area contributed by atoms with E-state index in [2.05, 4.69) is 12.1 Å². The van der Waals surface area contributed by atoms with Gasteiger partial charge >= 0.3 is 0 Å². The molecule has 1 unspecified atom stereocenters. The van der Waals surface area contributed by atoms with E-state index in [1.54, 1.807) is 0 Å². The van der Waals surface area contributed by atoms with Crippen LogP contribution in [0.25, 0.3) is 0 Å². The Hall–Kier alpha value is -2.17. The number of nitrogens with zero attached hydrogens (tertiary/aromatic N) is 1. The van der Waals surface area contributed by atoms with Gasteiger partial charge in [0.1, 0.15) is 0 Å².